The van der Waals surface area contributed by atoms with Gasteiger partial charge in [0, 0.05) is 44.3 Å². The summed E-state index contributed by atoms with van der Waals surface area (Å²) in [5.41, 5.74) is 4.89. The monoisotopic (exact) mass is 502 g/mol. The maximum atomic E-state index is 6.06. The molecule has 0 bridgehead atoms. The number of halogens is 1. The molecule has 4 aromatic rings. The highest BCUT2D eigenvalue weighted by atomic mass is 35.5. The number of ether oxygens (including phenoxy) is 1. The van der Waals surface area contributed by atoms with E-state index in [0.29, 0.717) is 11.6 Å². The van der Waals surface area contributed by atoms with Crippen molar-refractivity contribution < 1.29 is 4.74 Å². The number of aromatic nitrogens is 2. The molecule has 1 aliphatic rings. The smallest absolute Gasteiger partial charge is 0.148 e. The molecule has 188 valence electrons. The van der Waals surface area contributed by atoms with Gasteiger partial charge < -0.3 is 19.1 Å². The van der Waals surface area contributed by atoms with Crippen LogP contribution in [-0.2, 0) is 19.6 Å². The van der Waals surface area contributed by atoms with Gasteiger partial charge in [-0.25, -0.2) is 4.98 Å². The molecular weight excluding hydrogens is 468 g/mol. The highest BCUT2D eigenvalue weighted by Crippen LogP contribution is 2.22. The van der Waals surface area contributed by atoms with Crippen LogP contribution in [0, 0.1) is 6.92 Å². The van der Waals surface area contributed by atoms with E-state index in [1.54, 1.807) is 0 Å². The Balaban J connectivity index is 1.15. The van der Waals surface area contributed by atoms with Crippen molar-refractivity contribution in [2.24, 2.45) is 0 Å². The summed E-state index contributed by atoms with van der Waals surface area (Å²) in [5.74, 6) is 1.78. The second-order valence-electron chi connectivity index (χ2n) is 9.64. The van der Waals surface area contributed by atoms with Crippen molar-refractivity contribution in [2.75, 3.05) is 39.3 Å². The Labute approximate surface area is 219 Å². The largest absolute Gasteiger partial charge is 0.486 e. The molecule has 0 amide bonds. The minimum atomic E-state index is 0.440. The zero-order valence-corrected chi connectivity index (χ0v) is 21.8. The zero-order chi connectivity index (χ0) is 24.7. The highest BCUT2D eigenvalue weighted by molar-refractivity contribution is 6.30. The first kappa shape index (κ1) is 24.8. The van der Waals surface area contributed by atoms with Gasteiger partial charge in [-0.1, -0.05) is 54.1 Å². The Bertz CT molecular complexity index is 1250. The van der Waals surface area contributed by atoms with Crippen molar-refractivity contribution in [1.29, 1.82) is 0 Å². The number of para-hydroxylation sites is 1. The van der Waals surface area contributed by atoms with Crippen molar-refractivity contribution in [2.45, 2.75) is 32.9 Å². The number of imidazole rings is 1. The molecule has 1 saturated heterocycles. The van der Waals surface area contributed by atoms with Gasteiger partial charge in [0.05, 0.1) is 11.0 Å². The molecule has 1 fully saturated rings. The number of hydrogen-bond acceptors (Lipinski definition) is 4. The number of benzene rings is 3. The number of aryl methyl sites for hydroxylation is 2. The first-order valence-corrected chi connectivity index (χ1v) is 13.4. The van der Waals surface area contributed by atoms with E-state index in [9.17, 15) is 0 Å². The van der Waals surface area contributed by atoms with Crippen LogP contribution in [0.15, 0.2) is 72.8 Å². The average Bonchev–Trinajstić information content (AvgIpc) is 3.27. The van der Waals surface area contributed by atoms with Crippen LogP contribution in [0.25, 0.3) is 11.0 Å². The van der Waals surface area contributed by atoms with Gasteiger partial charge in [-0.05, 0) is 67.8 Å². The van der Waals surface area contributed by atoms with Crippen LogP contribution in [0.4, 0.5) is 0 Å². The molecule has 6 heteroatoms. The van der Waals surface area contributed by atoms with Gasteiger partial charge in [-0.2, -0.15) is 0 Å². The maximum Gasteiger partial charge on any atom is 0.148 e. The first-order chi connectivity index (χ1) is 17.7. The fraction of sp³-hybridized carbons (Fsp3) is 0.367. The van der Waals surface area contributed by atoms with Gasteiger partial charge >= 0.3 is 0 Å². The lowest BCUT2D eigenvalue weighted by molar-refractivity contribution is 0.131. The SMILES string of the molecule is Cc1cccc2c1nc(COc1ccc(Cl)cc1)n2CCCN1CCN(CCc2ccccc2)CC1. The van der Waals surface area contributed by atoms with Crippen LogP contribution in [-0.4, -0.2) is 58.6 Å². The van der Waals surface area contributed by atoms with Gasteiger partial charge in [0.1, 0.15) is 18.2 Å². The second-order valence-corrected chi connectivity index (χ2v) is 10.1. The summed E-state index contributed by atoms with van der Waals surface area (Å²) in [6, 6.07) is 24.7. The summed E-state index contributed by atoms with van der Waals surface area (Å²) < 4.78 is 8.40. The molecule has 0 aliphatic carbocycles. The standard InChI is InChI=1S/C30H35ClN4O/c1-24-7-5-10-28-30(24)32-29(23-36-27-13-11-26(31)12-14-27)35(28)17-6-16-33-19-21-34(22-20-33)18-15-25-8-3-2-4-9-25/h2-5,7-14H,6,15-23H2,1H3. The van der Waals surface area contributed by atoms with Crippen LogP contribution >= 0.6 is 11.6 Å². The van der Waals surface area contributed by atoms with Crippen LogP contribution in [0.2, 0.25) is 5.02 Å². The second kappa shape index (κ2) is 11.9. The van der Waals surface area contributed by atoms with Crippen LogP contribution < -0.4 is 4.74 Å². The maximum absolute atomic E-state index is 6.06. The molecule has 36 heavy (non-hydrogen) atoms. The van der Waals surface area contributed by atoms with Crippen molar-refractivity contribution in [1.82, 2.24) is 19.4 Å². The third-order valence-corrected chi connectivity index (χ3v) is 7.37. The van der Waals surface area contributed by atoms with Gasteiger partial charge in [-0.15, -0.1) is 0 Å². The van der Waals surface area contributed by atoms with Gasteiger partial charge in [-0.3, -0.25) is 0 Å². The Hall–Kier alpha value is -2.86. The quantitative estimate of drug-likeness (QED) is 0.273. The zero-order valence-electron chi connectivity index (χ0n) is 21.1. The molecule has 0 saturated carbocycles. The van der Waals surface area contributed by atoms with Gasteiger partial charge in [0.15, 0.2) is 0 Å². The Kier molecular flexibility index (Phi) is 8.22. The van der Waals surface area contributed by atoms with Crippen molar-refractivity contribution in [3.8, 4) is 5.75 Å². The Morgan fingerprint density at radius 3 is 2.28 bits per heavy atom. The summed E-state index contributed by atoms with van der Waals surface area (Å²) in [5, 5.41) is 0.710. The summed E-state index contributed by atoms with van der Waals surface area (Å²) in [6.45, 7) is 10.4. The molecule has 1 aromatic heterocycles. The molecule has 5 rings (SSSR count). The Morgan fingerprint density at radius 1 is 0.806 bits per heavy atom. The van der Waals surface area contributed by atoms with E-state index in [1.165, 1.54) is 16.6 Å². The summed E-state index contributed by atoms with van der Waals surface area (Å²) in [6.07, 6.45) is 2.23. The fourth-order valence-electron chi connectivity index (χ4n) is 4.99. The number of rotatable bonds is 10. The van der Waals surface area contributed by atoms with Crippen molar-refractivity contribution in [3.63, 3.8) is 0 Å². The van der Waals surface area contributed by atoms with E-state index in [2.05, 4.69) is 69.8 Å². The Morgan fingerprint density at radius 2 is 1.53 bits per heavy atom. The first-order valence-electron chi connectivity index (χ1n) is 13.0. The number of fused-ring (bicyclic) bond motifs is 1. The van der Waals surface area contributed by atoms with E-state index in [-0.39, 0.29) is 0 Å². The molecule has 1 aliphatic heterocycles. The molecule has 0 spiro atoms. The van der Waals surface area contributed by atoms with Crippen LogP contribution in [0.1, 0.15) is 23.4 Å². The van der Waals surface area contributed by atoms with E-state index < -0.39 is 0 Å². The normalized spacial score (nSPS) is 14.9. The van der Waals surface area contributed by atoms with Crippen molar-refractivity contribution in [3.05, 3.63) is 94.8 Å². The third-order valence-electron chi connectivity index (χ3n) is 7.12. The molecule has 0 unspecified atom stereocenters. The van der Waals surface area contributed by atoms with E-state index >= 15 is 0 Å². The predicted octanol–water partition coefficient (Wildman–Crippen LogP) is 5.83. The molecule has 5 nitrogen and oxygen atoms in total. The lowest BCUT2D eigenvalue weighted by Crippen LogP contribution is -2.47. The molecule has 3 aromatic carbocycles. The summed E-state index contributed by atoms with van der Waals surface area (Å²) >= 11 is 6.02. The van der Waals surface area contributed by atoms with Crippen LogP contribution in [0.3, 0.4) is 0 Å². The number of piperazine rings is 1. The number of nitrogens with zero attached hydrogens (tertiary/aromatic N) is 4. The average molecular weight is 503 g/mol. The van der Waals surface area contributed by atoms with Gasteiger partial charge in [0.2, 0.25) is 0 Å². The van der Waals surface area contributed by atoms with E-state index in [0.717, 1.165) is 75.7 Å². The summed E-state index contributed by atoms with van der Waals surface area (Å²) in [4.78, 5) is 10.2. The minimum absolute atomic E-state index is 0.440. The van der Waals surface area contributed by atoms with E-state index in [1.807, 2.05) is 24.3 Å². The molecule has 2 heterocycles. The predicted molar refractivity (Wildman–Crippen MR) is 148 cm³/mol. The van der Waals surface area contributed by atoms with E-state index in [4.69, 9.17) is 21.3 Å². The molecular formula is C30H35ClN4O. The van der Waals surface area contributed by atoms with Crippen LogP contribution in [0.5, 0.6) is 5.75 Å². The van der Waals surface area contributed by atoms with Gasteiger partial charge in [0.25, 0.3) is 0 Å². The lowest BCUT2D eigenvalue weighted by atomic mass is 10.1. The molecule has 0 N–H and O–H groups in total. The summed E-state index contributed by atoms with van der Waals surface area (Å²) in [7, 11) is 0. The fourth-order valence-corrected chi connectivity index (χ4v) is 5.12. The minimum Gasteiger partial charge on any atom is -0.486 e. The highest BCUT2D eigenvalue weighted by Gasteiger charge is 2.17. The van der Waals surface area contributed by atoms with Crippen molar-refractivity contribution >= 4 is 22.6 Å². The third kappa shape index (κ3) is 6.28. The molecule has 0 radical (unpaired) electrons. The number of hydrogen-bond donors (Lipinski definition) is 0. The molecule has 0 atom stereocenters. The lowest BCUT2D eigenvalue weighted by Gasteiger charge is -2.34. The topological polar surface area (TPSA) is 33.5 Å².